The minimum Gasteiger partial charge on any atom is -0.490 e. The van der Waals surface area contributed by atoms with E-state index in [0.29, 0.717) is 13.1 Å². The van der Waals surface area contributed by atoms with Gasteiger partial charge in [0.25, 0.3) is 5.91 Å². The average Bonchev–Trinajstić information content (AvgIpc) is 2.49. The first-order valence-corrected chi connectivity index (χ1v) is 7.77. The topological polar surface area (TPSA) is 51.1 Å². The van der Waals surface area contributed by atoms with Gasteiger partial charge < -0.3 is 14.5 Å². The van der Waals surface area contributed by atoms with Crippen LogP contribution in [0, 0.1) is 0 Å². The lowest BCUT2D eigenvalue weighted by Gasteiger charge is -2.19. The number of rotatable bonds is 9. The van der Waals surface area contributed by atoms with Gasteiger partial charge in [0.1, 0.15) is 5.75 Å². The first-order chi connectivity index (χ1) is 10.9. The first kappa shape index (κ1) is 18.7. The zero-order valence-electron chi connectivity index (χ0n) is 14.4. The van der Waals surface area contributed by atoms with Gasteiger partial charge in [-0.2, -0.15) is 0 Å². The molecule has 0 saturated carbocycles. The van der Waals surface area contributed by atoms with Crippen LogP contribution >= 0.6 is 0 Å². The molecular formula is C18H26N2O3. The zero-order valence-corrected chi connectivity index (χ0v) is 14.4. The van der Waals surface area contributed by atoms with Gasteiger partial charge in [-0.1, -0.05) is 29.4 Å². The highest BCUT2D eigenvalue weighted by Gasteiger charge is 2.11. The van der Waals surface area contributed by atoms with Crippen LogP contribution in [0.5, 0.6) is 5.75 Å². The summed E-state index contributed by atoms with van der Waals surface area (Å²) in [5.41, 5.74) is 1.74. The molecule has 0 fully saturated rings. The number of nitrogens with zero attached hydrogens (tertiary/aromatic N) is 2. The fourth-order valence-electron chi connectivity index (χ4n) is 1.93. The molecule has 0 radical (unpaired) electrons. The van der Waals surface area contributed by atoms with Gasteiger partial charge in [-0.3, -0.25) is 4.79 Å². The van der Waals surface area contributed by atoms with Crippen molar-refractivity contribution in [3.8, 4) is 5.75 Å². The number of likely N-dealkylation sites (N-methyl/N-ethyl adjacent to an activating group) is 1. The van der Waals surface area contributed by atoms with Crippen LogP contribution in [0.25, 0.3) is 0 Å². The lowest BCUT2D eigenvalue weighted by molar-refractivity contribution is -0.135. The minimum absolute atomic E-state index is 0.0762. The largest absolute Gasteiger partial charge is 0.490 e. The Morgan fingerprint density at radius 3 is 2.70 bits per heavy atom. The maximum absolute atomic E-state index is 12.0. The molecule has 0 N–H and O–H groups in total. The summed E-state index contributed by atoms with van der Waals surface area (Å²) >= 11 is 0. The van der Waals surface area contributed by atoms with Gasteiger partial charge in [0.2, 0.25) is 0 Å². The van der Waals surface area contributed by atoms with E-state index in [2.05, 4.69) is 11.7 Å². The second-order valence-electron chi connectivity index (χ2n) is 5.58. The predicted molar refractivity (Wildman–Crippen MR) is 92.8 cm³/mol. The molecular weight excluding hydrogens is 292 g/mol. The summed E-state index contributed by atoms with van der Waals surface area (Å²) in [5.74, 6) is 0.623. The maximum Gasteiger partial charge on any atom is 0.263 e. The monoisotopic (exact) mass is 318 g/mol. The van der Waals surface area contributed by atoms with E-state index in [1.807, 2.05) is 52.0 Å². The number of carbonyl (C=O) groups is 1. The van der Waals surface area contributed by atoms with Crippen LogP contribution < -0.4 is 4.74 Å². The van der Waals surface area contributed by atoms with Crippen molar-refractivity contribution in [2.75, 3.05) is 19.7 Å². The highest BCUT2D eigenvalue weighted by atomic mass is 16.6. The van der Waals surface area contributed by atoms with E-state index >= 15 is 0 Å². The molecule has 5 heteroatoms. The molecule has 1 rings (SSSR count). The lowest BCUT2D eigenvalue weighted by atomic mass is 10.2. The third kappa shape index (κ3) is 7.00. The van der Waals surface area contributed by atoms with Crippen LogP contribution in [0.4, 0.5) is 0 Å². The average molecular weight is 318 g/mol. The Balaban J connectivity index is 2.56. The minimum atomic E-state index is -0.112. The van der Waals surface area contributed by atoms with Crippen molar-refractivity contribution in [2.24, 2.45) is 5.16 Å². The molecule has 1 aromatic carbocycles. The molecule has 5 nitrogen and oxygen atoms in total. The number of amides is 1. The van der Waals surface area contributed by atoms with Gasteiger partial charge in [0.15, 0.2) is 6.61 Å². The summed E-state index contributed by atoms with van der Waals surface area (Å²) in [4.78, 5) is 18.8. The van der Waals surface area contributed by atoms with E-state index in [-0.39, 0.29) is 18.6 Å². The fraction of sp³-hybridized carbons (Fsp3) is 0.444. The van der Waals surface area contributed by atoms with Crippen molar-refractivity contribution in [3.05, 3.63) is 42.0 Å². The fourth-order valence-corrected chi connectivity index (χ4v) is 1.93. The predicted octanol–water partition coefficient (Wildman–Crippen LogP) is 3.25. The Morgan fingerprint density at radius 2 is 2.09 bits per heavy atom. The smallest absolute Gasteiger partial charge is 0.263 e. The number of ether oxygens (including phenoxy) is 1. The van der Waals surface area contributed by atoms with Gasteiger partial charge in [-0.05, 0) is 39.8 Å². The summed E-state index contributed by atoms with van der Waals surface area (Å²) in [6, 6.07) is 7.55. The molecule has 126 valence electrons. The van der Waals surface area contributed by atoms with Crippen molar-refractivity contribution >= 4 is 12.1 Å². The Morgan fingerprint density at radius 1 is 1.39 bits per heavy atom. The van der Waals surface area contributed by atoms with Crippen molar-refractivity contribution in [3.63, 3.8) is 0 Å². The Bertz CT molecular complexity index is 553. The van der Waals surface area contributed by atoms with Crippen molar-refractivity contribution in [2.45, 2.75) is 33.8 Å². The Kier molecular flexibility index (Phi) is 7.88. The normalized spacial score (nSPS) is 10.8. The number of benzene rings is 1. The molecule has 0 unspecified atom stereocenters. The number of hydrogen-bond donors (Lipinski definition) is 0. The molecule has 0 spiro atoms. The van der Waals surface area contributed by atoms with E-state index in [0.717, 1.165) is 16.9 Å². The first-order valence-electron chi connectivity index (χ1n) is 7.77. The zero-order chi connectivity index (χ0) is 17.2. The van der Waals surface area contributed by atoms with Crippen LogP contribution in [-0.2, 0) is 9.63 Å². The molecule has 0 aliphatic carbocycles. The van der Waals surface area contributed by atoms with E-state index in [1.165, 1.54) is 0 Å². The van der Waals surface area contributed by atoms with Crippen LogP contribution in [0.2, 0.25) is 0 Å². The van der Waals surface area contributed by atoms with Crippen LogP contribution in [0.1, 0.15) is 33.3 Å². The molecule has 0 bridgehead atoms. The maximum atomic E-state index is 12.0. The molecule has 0 saturated heterocycles. The summed E-state index contributed by atoms with van der Waals surface area (Å²) in [5, 5.41) is 3.87. The number of carbonyl (C=O) groups excluding carboxylic acids is 1. The second-order valence-corrected chi connectivity index (χ2v) is 5.58. The van der Waals surface area contributed by atoms with Crippen molar-refractivity contribution in [1.82, 2.24) is 4.90 Å². The van der Waals surface area contributed by atoms with Gasteiger partial charge >= 0.3 is 0 Å². The number of hydrogen-bond acceptors (Lipinski definition) is 4. The van der Waals surface area contributed by atoms with Gasteiger partial charge in [-0.25, -0.2) is 0 Å². The van der Waals surface area contributed by atoms with Crippen LogP contribution in [0.3, 0.4) is 0 Å². The van der Waals surface area contributed by atoms with E-state index in [4.69, 9.17) is 9.57 Å². The van der Waals surface area contributed by atoms with Crippen LogP contribution in [-0.4, -0.2) is 42.8 Å². The summed E-state index contributed by atoms with van der Waals surface area (Å²) in [7, 11) is 0. The Labute approximate surface area is 138 Å². The number of oxime groups is 1. The second kappa shape index (κ2) is 9.66. The molecule has 0 aromatic heterocycles. The van der Waals surface area contributed by atoms with Crippen LogP contribution in [0.15, 0.2) is 41.6 Å². The van der Waals surface area contributed by atoms with E-state index in [9.17, 15) is 4.79 Å². The molecule has 1 aromatic rings. The number of para-hydroxylation sites is 1. The highest BCUT2D eigenvalue weighted by molar-refractivity contribution is 5.83. The van der Waals surface area contributed by atoms with Crippen molar-refractivity contribution < 1.29 is 14.4 Å². The molecule has 23 heavy (non-hydrogen) atoms. The van der Waals surface area contributed by atoms with Gasteiger partial charge in [-0.15, -0.1) is 0 Å². The summed E-state index contributed by atoms with van der Waals surface area (Å²) in [6.45, 7) is 12.6. The summed E-state index contributed by atoms with van der Waals surface area (Å²) in [6.07, 6.45) is 1.63. The van der Waals surface area contributed by atoms with Gasteiger partial charge in [0, 0.05) is 18.7 Å². The van der Waals surface area contributed by atoms with E-state index < -0.39 is 0 Å². The molecule has 0 aliphatic rings. The molecule has 0 aliphatic heterocycles. The van der Waals surface area contributed by atoms with E-state index in [1.54, 1.807) is 11.1 Å². The lowest BCUT2D eigenvalue weighted by Crippen LogP contribution is -2.34. The molecule has 0 heterocycles. The third-order valence-corrected chi connectivity index (χ3v) is 2.93. The highest BCUT2D eigenvalue weighted by Crippen LogP contribution is 2.17. The molecule has 1 amide bonds. The van der Waals surface area contributed by atoms with Gasteiger partial charge in [0.05, 0.1) is 12.3 Å². The molecule has 0 atom stereocenters. The quantitative estimate of drug-likeness (QED) is 0.399. The third-order valence-electron chi connectivity index (χ3n) is 2.93. The van der Waals surface area contributed by atoms with Crippen molar-refractivity contribution in [1.29, 1.82) is 0 Å². The Hall–Kier alpha value is -2.30. The standard InChI is InChI=1S/C18H26N2O3/c1-6-20(12-14(2)3)18(21)13-22-19-11-16-9-7-8-10-17(16)23-15(4)5/h7-11,15H,2,6,12-13H2,1,3-5H3. The summed E-state index contributed by atoms with van der Waals surface area (Å²) < 4.78 is 5.69. The SMILES string of the molecule is C=C(C)CN(CC)C(=O)CON=Cc1ccccc1OC(C)C.